The molecular weight excluding hydrogens is 246 g/mol. The van der Waals surface area contributed by atoms with Gasteiger partial charge in [0.1, 0.15) is 6.61 Å². The van der Waals surface area contributed by atoms with Gasteiger partial charge in [-0.05, 0) is 35.7 Å². The van der Waals surface area contributed by atoms with Crippen molar-refractivity contribution in [2.75, 3.05) is 0 Å². The molecule has 3 heteroatoms. The number of hydrogen-bond donors (Lipinski definition) is 0. The van der Waals surface area contributed by atoms with Gasteiger partial charge < -0.3 is 4.84 Å². The lowest BCUT2D eigenvalue weighted by molar-refractivity contribution is 0.131. The number of aryl methyl sites for hydroxylation is 1. The van der Waals surface area contributed by atoms with Crippen LogP contribution >= 0.6 is 11.6 Å². The summed E-state index contributed by atoms with van der Waals surface area (Å²) in [6.07, 6.45) is 1.68. The zero-order chi connectivity index (χ0) is 12.8. The predicted octanol–water partition coefficient (Wildman–Crippen LogP) is 4.20. The zero-order valence-corrected chi connectivity index (χ0v) is 10.9. The highest BCUT2D eigenvalue weighted by molar-refractivity contribution is 6.30. The molecule has 0 saturated heterocycles. The lowest BCUT2D eigenvalue weighted by Gasteiger charge is -2.03. The van der Waals surface area contributed by atoms with Crippen molar-refractivity contribution in [2.24, 2.45) is 5.16 Å². The highest BCUT2D eigenvalue weighted by atomic mass is 35.5. The largest absolute Gasteiger partial charge is 0.391 e. The molecule has 0 aromatic heterocycles. The third kappa shape index (κ3) is 3.60. The van der Waals surface area contributed by atoms with Gasteiger partial charge >= 0.3 is 0 Å². The van der Waals surface area contributed by atoms with Gasteiger partial charge in [-0.1, -0.05) is 53.2 Å². The van der Waals surface area contributed by atoms with Gasteiger partial charge in [0.05, 0.1) is 6.21 Å². The Kier molecular flexibility index (Phi) is 4.37. The Balaban J connectivity index is 1.89. The normalized spacial score (nSPS) is 10.8. The third-order valence-electron chi connectivity index (χ3n) is 2.63. The minimum absolute atomic E-state index is 0.483. The van der Waals surface area contributed by atoms with Gasteiger partial charge in [0.2, 0.25) is 0 Å². The van der Waals surface area contributed by atoms with Gasteiger partial charge in [-0.3, -0.25) is 0 Å². The van der Waals surface area contributed by atoms with Crippen LogP contribution in [-0.2, 0) is 11.4 Å². The molecule has 0 radical (unpaired) electrons. The van der Waals surface area contributed by atoms with Crippen molar-refractivity contribution in [3.05, 3.63) is 70.2 Å². The molecule has 0 spiro atoms. The molecule has 0 amide bonds. The van der Waals surface area contributed by atoms with Crippen molar-refractivity contribution in [3.63, 3.8) is 0 Å². The van der Waals surface area contributed by atoms with Crippen LogP contribution in [0.1, 0.15) is 16.7 Å². The van der Waals surface area contributed by atoms with E-state index in [1.54, 1.807) is 6.21 Å². The highest BCUT2D eigenvalue weighted by Gasteiger charge is 1.95. The smallest absolute Gasteiger partial charge is 0.142 e. The number of benzene rings is 2. The summed E-state index contributed by atoms with van der Waals surface area (Å²) in [6, 6.07) is 15.5. The first-order chi connectivity index (χ1) is 8.75. The topological polar surface area (TPSA) is 21.6 Å². The molecule has 18 heavy (non-hydrogen) atoms. The molecule has 0 unspecified atom stereocenters. The molecule has 0 fully saturated rings. The van der Waals surface area contributed by atoms with Crippen molar-refractivity contribution in [3.8, 4) is 0 Å². The fourth-order valence-corrected chi connectivity index (χ4v) is 1.65. The zero-order valence-electron chi connectivity index (χ0n) is 10.1. The average molecular weight is 260 g/mol. The Hall–Kier alpha value is -1.80. The molecule has 92 valence electrons. The highest BCUT2D eigenvalue weighted by Crippen LogP contribution is 2.09. The Morgan fingerprint density at radius 1 is 1.11 bits per heavy atom. The monoisotopic (exact) mass is 259 g/mol. The van der Waals surface area contributed by atoms with E-state index in [0.717, 1.165) is 11.1 Å². The molecule has 0 aliphatic carbocycles. The number of rotatable bonds is 4. The van der Waals surface area contributed by atoms with Crippen LogP contribution in [0.3, 0.4) is 0 Å². The van der Waals surface area contributed by atoms with Crippen LogP contribution in [0.2, 0.25) is 5.02 Å². The number of halogens is 1. The molecule has 2 nitrogen and oxygen atoms in total. The minimum Gasteiger partial charge on any atom is -0.391 e. The molecule has 0 bridgehead atoms. The van der Waals surface area contributed by atoms with Gasteiger partial charge in [0.15, 0.2) is 0 Å². The van der Waals surface area contributed by atoms with Gasteiger partial charge in [-0.2, -0.15) is 0 Å². The first-order valence-electron chi connectivity index (χ1n) is 5.71. The Morgan fingerprint density at radius 3 is 2.56 bits per heavy atom. The maximum Gasteiger partial charge on any atom is 0.142 e. The SMILES string of the molecule is Cc1ccccc1CON=Cc1ccc(Cl)cc1. The van der Waals surface area contributed by atoms with Crippen LogP contribution in [-0.4, -0.2) is 6.21 Å². The molecule has 2 rings (SSSR count). The average Bonchev–Trinajstić information content (AvgIpc) is 2.39. The van der Waals surface area contributed by atoms with Crippen molar-refractivity contribution < 1.29 is 4.84 Å². The predicted molar refractivity (Wildman–Crippen MR) is 75.0 cm³/mol. The van der Waals surface area contributed by atoms with Crippen LogP contribution in [0.5, 0.6) is 0 Å². The van der Waals surface area contributed by atoms with E-state index in [2.05, 4.69) is 18.1 Å². The molecule has 0 saturated carbocycles. The summed E-state index contributed by atoms with van der Waals surface area (Å²) in [5.41, 5.74) is 3.31. The summed E-state index contributed by atoms with van der Waals surface area (Å²) in [7, 11) is 0. The van der Waals surface area contributed by atoms with Gasteiger partial charge in [0, 0.05) is 5.02 Å². The molecule has 2 aromatic rings. The summed E-state index contributed by atoms with van der Waals surface area (Å²) in [5.74, 6) is 0. The van der Waals surface area contributed by atoms with Crippen molar-refractivity contribution in [1.82, 2.24) is 0 Å². The Labute approximate surface area is 112 Å². The summed E-state index contributed by atoms with van der Waals surface area (Å²) >= 11 is 5.79. The minimum atomic E-state index is 0.483. The Bertz CT molecular complexity index is 534. The van der Waals surface area contributed by atoms with E-state index < -0.39 is 0 Å². The second kappa shape index (κ2) is 6.22. The fraction of sp³-hybridized carbons (Fsp3) is 0.133. The van der Waals surface area contributed by atoms with Gasteiger partial charge in [-0.15, -0.1) is 0 Å². The molecule has 0 aliphatic heterocycles. The van der Waals surface area contributed by atoms with Crippen molar-refractivity contribution in [2.45, 2.75) is 13.5 Å². The standard InChI is InChI=1S/C15H14ClNO/c1-12-4-2-3-5-14(12)11-18-17-10-13-6-8-15(16)9-7-13/h2-10H,11H2,1H3. The molecule has 0 heterocycles. The van der Waals surface area contributed by atoms with Gasteiger partial charge in [0.25, 0.3) is 0 Å². The van der Waals surface area contributed by atoms with Crippen LogP contribution in [0.15, 0.2) is 53.7 Å². The molecule has 0 atom stereocenters. The first kappa shape index (κ1) is 12.7. The van der Waals surface area contributed by atoms with Crippen LogP contribution in [0.4, 0.5) is 0 Å². The lowest BCUT2D eigenvalue weighted by Crippen LogP contribution is -1.91. The van der Waals surface area contributed by atoms with E-state index in [-0.39, 0.29) is 0 Å². The second-order valence-corrected chi connectivity index (χ2v) is 4.42. The van der Waals surface area contributed by atoms with Gasteiger partial charge in [-0.25, -0.2) is 0 Å². The van der Waals surface area contributed by atoms with Crippen LogP contribution in [0.25, 0.3) is 0 Å². The van der Waals surface area contributed by atoms with E-state index in [9.17, 15) is 0 Å². The van der Waals surface area contributed by atoms with E-state index in [0.29, 0.717) is 11.6 Å². The number of oxime groups is 1. The maximum absolute atomic E-state index is 5.79. The van der Waals surface area contributed by atoms with Crippen molar-refractivity contribution in [1.29, 1.82) is 0 Å². The van der Waals surface area contributed by atoms with Crippen molar-refractivity contribution >= 4 is 17.8 Å². The van der Waals surface area contributed by atoms with E-state index in [1.165, 1.54) is 5.56 Å². The molecule has 0 aliphatic rings. The summed E-state index contributed by atoms with van der Waals surface area (Å²) in [4.78, 5) is 5.27. The first-order valence-corrected chi connectivity index (χ1v) is 6.09. The number of nitrogens with zero attached hydrogens (tertiary/aromatic N) is 1. The quantitative estimate of drug-likeness (QED) is 0.596. The van der Waals surface area contributed by atoms with Crippen LogP contribution in [0, 0.1) is 6.92 Å². The third-order valence-corrected chi connectivity index (χ3v) is 2.88. The number of hydrogen-bond acceptors (Lipinski definition) is 2. The van der Waals surface area contributed by atoms with E-state index in [1.807, 2.05) is 42.5 Å². The van der Waals surface area contributed by atoms with E-state index >= 15 is 0 Å². The summed E-state index contributed by atoms with van der Waals surface area (Å²) in [6.45, 7) is 2.54. The lowest BCUT2D eigenvalue weighted by atomic mass is 10.1. The van der Waals surface area contributed by atoms with Crippen LogP contribution < -0.4 is 0 Å². The second-order valence-electron chi connectivity index (χ2n) is 3.99. The summed E-state index contributed by atoms with van der Waals surface area (Å²) < 4.78 is 0. The fourth-order valence-electron chi connectivity index (χ4n) is 1.53. The van der Waals surface area contributed by atoms with E-state index in [4.69, 9.17) is 16.4 Å². The molecular formula is C15H14ClNO. The molecule has 0 N–H and O–H groups in total. The Morgan fingerprint density at radius 2 is 1.83 bits per heavy atom. The molecule has 2 aromatic carbocycles. The maximum atomic E-state index is 5.79. The summed E-state index contributed by atoms with van der Waals surface area (Å²) in [5, 5.41) is 4.66.